The fourth-order valence-corrected chi connectivity index (χ4v) is 2.85. The molecule has 1 N–H and O–H groups in total. The highest BCUT2D eigenvalue weighted by atomic mass is 15.3. The second-order valence-corrected chi connectivity index (χ2v) is 6.14. The summed E-state index contributed by atoms with van der Waals surface area (Å²) in [7, 11) is 2.20. The summed E-state index contributed by atoms with van der Waals surface area (Å²) in [4.78, 5) is 2.41. The van der Waals surface area contributed by atoms with Crippen LogP contribution in [0.15, 0.2) is 12.3 Å². The Morgan fingerprint density at radius 2 is 2.20 bits per heavy atom. The highest BCUT2D eigenvalue weighted by molar-refractivity contribution is 4.99. The zero-order chi connectivity index (χ0) is 14.4. The third-order valence-electron chi connectivity index (χ3n) is 4.65. The molecule has 0 bridgehead atoms. The van der Waals surface area contributed by atoms with Crippen LogP contribution in [0.25, 0.3) is 0 Å². The Balaban J connectivity index is 1.67. The van der Waals surface area contributed by atoms with Crippen LogP contribution < -0.4 is 5.32 Å². The standard InChI is InChI=1S/C16H30N4/c1-4-14(2)19(3)12-10-17-13-15-9-11-20(18-15)16-7-5-6-8-16/h9,11,14,16-17H,4-8,10,12-13H2,1-3H3. The topological polar surface area (TPSA) is 33.1 Å². The van der Waals surface area contributed by atoms with Crippen molar-refractivity contribution < 1.29 is 0 Å². The third-order valence-corrected chi connectivity index (χ3v) is 4.65. The van der Waals surface area contributed by atoms with Crippen molar-refractivity contribution in [2.45, 2.75) is 64.6 Å². The molecular formula is C16H30N4. The second kappa shape index (κ2) is 7.79. The minimum atomic E-state index is 0.653. The van der Waals surface area contributed by atoms with Crippen molar-refractivity contribution in [2.24, 2.45) is 0 Å². The smallest absolute Gasteiger partial charge is 0.0762 e. The number of hydrogen-bond acceptors (Lipinski definition) is 3. The Kier molecular flexibility index (Phi) is 6.05. The van der Waals surface area contributed by atoms with Gasteiger partial charge in [-0.05, 0) is 39.3 Å². The lowest BCUT2D eigenvalue weighted by atomic mass is 10.2. The first-order valence-corrected chi connectivity index (χ1v) is 8.15. The highest BCUT2D eigenvalue weighted by Crippen LogP contribution is 2.28. The Morgan fingerprint density at radius 1 is 1.45 bits per heavy atom. The monoisotopic (exact) mass is 278 g/mol. The van der Waals surface area contributed by atoms with Crippen molar-refractivity contribution in [3.05, 3.63) is 18.0 Å². The molecule has 1 aromatic heterocycles. The van der Waals surface area contributed by atoms with E-state index in [1.807, 2.05) is 0 Å². The summed E-state index contributed by atoms with van der Waals surface area (Å²) in [6.45, 7) is 7.52. The first-order valence-electron chi connectivity index (χ1n) is 8.15. The van der Waals surface area contributed by atoms with E-state index in [1.165, 1.54) is 37.8 Å². The van der Waals surface area contributed by atoms with Crippen LogP contribution in [-0.4, -0.2) is 40.9 Å². The van der Waals surface area contributed by atoms with E-state index >= 15 is 0 Å². The molecular weight excluding hydrogens is 248 g/mol. The summed E-state index contributed by atoms with van der Waals surface area (Å²) >= 11 is 0. The number of aromatic nitrogens is 2. The van der Waals surface area contributed by atoms with Crippen molar-refractivity contribution in [3.63, 3.8) is 0 Å². The molecule has 2 rings (SSSR count). The van der Waals surface area contributed by atoms with Crippen molar-refractivity contribution in [3.8, 4) is 0 Å². The molecule has 4 nitrogen and oxygen atoms in total. The molecule has 0 aromatic carbocycles. The predicted molar refractivity (Wildman–Crippen MR) is 83.8 cm³/mol. The quantitative estimate of drug-likeness (QED) is 0.742. The molecule has 0 saturated heterocycles. The zero-order valence-electron chi connectivity index (χ0n) is 13.3. The fraction of sp³-hybridized carbons (Fsp3) is 0.812. The summed E-state index contributed by atoms with van der Waals surface area (Å²) in [5.74, 6) is 0. The van der Waals surface area contributed by atoms with E-state index in [0.717, 1.165) is 19.6 Å². The maximum atomic E-state index is 4.70. The molecule has 0 amide bonds. The van der Waals surface area contributed by atoms with Crippen molar-refractivity contribution >= 4 is 0 Å². The maximum Gasteiger partial charge on any atom is 0.0762 e. The Labute approximate surface area is 123 Å². The SMILES string of the molecule is CCC(C)N(C)CCNCc1ccn(C2CCCC2)n1. The molecule has 1 atom stereocenters. The first kappa shape index (κ1) is 15.5. The van der Waals surface area contributed by atoms with Crippen LogP contribution in [0.2, 0.25) is 0 Å². The van der Waals surface area contributed by atoms with Gasteiger partial charge in [0, 0.05) is 31.9 Å². The molecule has 1 aliphatic carbocycles. The van der Waals surface area contributed by atoms with Crippen molar-refractivity contribution in [1.29, 1.82) is 0 Å². The largest absolute Gasteiger partial charge is 0.310 e. The van der Waals surface area contributed by atoms with E-state index in [1.54, 1.807) is 0 Å². The summed E-state index contributed by atoms with van der Waals surface area (Å²) < 4.78 is 2.18. The van der Waals surface area contributed by atoms with Crippen LogP contribution in [0.3, 0.4) is 0 Å². The molecule has 4 heteroatoms. The van der Waals surface area contributed by atoms with E-state index < -0.39 is 0 Å². The number of nitrogens with one attached hydrogen (secondary N) is 1. The van der Waals surface area contributed by atoms with Crippen LogP contribution in [-0.2, 0) is 6.54 Å². The second-order valence-electron chi connectivity index (χ2n) is 6.14. The van der Waals surface area contributed by atoms with Crippen LogP contribution in [0.5, 0.6) is 0 Å². The molecule has 1 heterocycles. The fourth-order valence-electron chi connectivity index (χ4n) is 2.85. The average molecular weight is 278 g/mol. The van der Waals surface area contributed by atoms with Crippen LogP contribution in [0.1, 0.15) is 57.7 Å². The van der Waals surface area contributed by atoms with Gasteiger partial charge in [0.2, 0.25) is 0 Å². The molecule has 1 aliphatic rings. The minimum absolute atomic E-state index is 0.653. The molecule has 114 valence electrons. The highest BCUT2D eigenvalue weighted by Gasteiger charge is 2.17. The lowest BCUT2D eigenvalue weighted by Gasteiger charge is -2.23. The van der Waals surface area contributed by atoms with Gasteiger partial charge in [0.05, 0.1) is 11.7 Å². The predicted octanol–water partition coefficient (Wildman–Crippen LogP) is 2.82. The summed E-state index contributed by atoms with van der Waals surface area (Å²) in [6, 6.07) is 3.47. The third kappa shape index (κ3) is 4.32. The Hall–Kier alpha value is -0.870. The van der Waals surface area contributed by atoms with E-state index in [2.05, 4.69) is 48.1 Å². The van der Waals surface area contributed by atoms with Gasteiger partial charge in [-0.3, -0.25) is 4.68 Å². The summed E-state index contributed by atoms with van der Waals surface area (Å²) in [5, 5.41) is 8.20. The molecule has 0 aliphatic heterocycles. The van der Waals surface area contributed by atoms with Gasteiger partial charge >= 0.3 is 0 Å². The molecule has 0 radical (unpaired) electrons. The lowest BCUT2D eigenvalue weighted by Crippen LogP contribution is -2.34. The Bertz CT molecular complexity index is 382. The maximum absolute atomic E-state index is 4.70. The summed E-state index contributed by atoms with van der Waals surface area (Å²) in [6.07, 6.45) is 8.68. The van der Waals surface area contributed by atoms with Crippen LogP contribution in [0, 0.1) is 0 Å². The molecule has 1 aromatic rings. The van der Waals surface area contributed by atoms with E-state index in [9.17, 15) is 0 Å². The molecule has 20 heavy (non-hydrogen) atoms. The number of likely N-dealkylation sites (N-methyl/N-ethyl adjacent to an activating group) is 1. The van der Waals surface area contributed by atoms with Crippen LogP contribution >= 0.6 is 0 Å². The normalized spacial score (nSPS) is 18.0. The first-order chi connectivity index (χ1) is 9.70. The van der Waals surface area contributed by atoms with Gasteiger partial charge in [-0.25, -0.2) is 0 Å². The number of rotatable bonds is 8. The molecule has 1 fully saturated rings. The molecule has 1 unspecified atom stereocenters. The molecule has 0 spiro atoms. The van der Waals surface area contributed by atoms with Gasteiger partial charge in [0.15, 0.2) is 0 Å². The van der Waals surface area contributed by atoms with Crippen molar-refractivity contribution in [1.82, 2.24) is 20.0 Å². The molecule has 1 saturated carbocycles. The van der Waals surface area contributed by atoms with E-state index in [4.69, 9.17) is 5.10 Å². The number of nitrogens with zero attached hydrogens (tertiary/aromatic N) is 3. The van der Waals surface area contributed by atoms with Gasteiger partial charge in [-0.15, -0.1) is 0 Å². The van der Waals surface area contributed by atoms with E-state index in [0.29, 0.717) is 12.1 Å². The average Bonchev–Trinajstić information content (AvgIpc) is 3.12. The van der Waals surface area contributed by atoms with Gasteiger partial charge in [-0.1, -0.05) is 19.8 Å². The van der Waals surface area contributed by atoms with Gasteiger partial charge in [0.25, 0.3) is 0 Å². The number of hydrogen-bond donors (Lipinski definition) is 1. The van der Waals surface area contributed by atoms with Gasteiger partial charge in [0.1, 0.15) is 0 Å². The lowest BCUT2D eigenvalue weighted by molar-refractivity contribution is 0.251. The van der Waals surface area contributed by atoms with Gasteiger partial charge < -0.3 is 10.2 Å². The zero-order valence-corrected chi connectivity index (χ0v) is 13.3. The van der Waals surface area contributed by atoms with Crippen LogP contribution in [0.4, 0.5) is 0 Å². The van der Waals surface area contributed by atoms with E-state index in [-0.39, 0.29) is 0 Å². The summed E-state index contributed by atoms with van der Waals surface area (Å²) in [5.41, 5.74) is 1.17. The Morgan fingerprint density at radius 3 is 2.90 bits per heavy atom. The van der Waals surface area contributed by atoms with Crippen molar-refractivity contribution in [2.75, 3.05) is 20.1 Å². The minimum Gasteiger partial charge on any atom is -0.310 e. The van der Waals surface area contributed by atoms with Gasteiger partial charge in [-0.2, -0.15) is 5.10 Å².